The van der Waals surface area contributed by atoms with Gasteiger partial charge < -0.3 is 19.9 Å². The van der Waals surface area contributed by atoms with Crippen molar-refractivity contribution in [1.29, 1.82) is 0 Å². The molecular weight excluding hydrogens is 384 g/mol. The first-order valence-electron chi connectivity index (χ1n) is 7.28. The fourth-order valence-corrected chi connectivity index (χ4v) is 3.07. The number of anilines is 1. The van der Waals surface area contributed by atoms with Crippen LogP contribution in [0.1, 0.15) is 16.7 Å². The van der Waals surface area contributed by atoms with Gasteiger partial charge in [-0.25, -0.2) is 4.39 Å². The van der Waals surface area contributed by atoms with E-state index in [2.05, 4.69) is 9.47 Å². The van der Waals surface area contributed by atoms with E-state index in [4.69, 9.17) is 0 Å². The molecule has 0 fully saturated rings. The average Bonchev–Trinajstić information content (AvgIpc) is 2.98. The smallest absolute Gasteiger partial charge is 0.395 e. The quantitative estimate of drug-likeness (QED) is 0.732. The molecule has 2 aliphatic heterocycles. The summed E-state index contributed by atoms with van der Waals surface area (Å²) in [4.78, 5) is 12.3. The topological polar surface area (TPSA) is 67.8 Å². The fourth-order valence-electron chi connectivity index (χ4n) is 3.07. The molecule has 0 aliphatic carbocycles. The van der Waals surface area contributed by atoms with Crippen molar-refractivity contribution in [2.45, 2.75) is 18.1 Å². The van der Waals surface area contributed by atoms with Crippen LogP contribution in [0.5, 0.6) is 11.5 Å². The highest BCUT2D eigenvalue weighted by Crippen LogP contribution is 2.50. The number of fused-ring (bicyclic) bond motifs is 2. The number of alkyl halides is 5. The second-order valence-electron chi connectivity index (χ2n) is 5.84. The van der Waals surface area contributed by atoms with E-state index in [-0.39, 0.29) is 11.3 Å². The number of aliphatic hydroxyl groups is 1. The summed E-state index contributed by atoms with van der Waals surface area (Å²) in [5, 5.41) is 12.7. The van der Waals surface area contributed by atoms with Gasteiger partial charge in [-0.15, -0.1) is 8.78 Å². The highest BCUT2D eigenvalue weighted by molar-refractivity contribution is 6.08. The highest BCUT2D eigenvalue weighted by Gasteiger charge is 2.52. The largest absolute Gasteiger partial charge is 0.586 e. The number of rotatable bonds is 1. The van der Waals surface area contributed by atoms with Crippen molar-refractivity contribution in [2.75, 3.05) is 5.32 Å². The van der Waals surface area contributed by atoms with Crippen molar-refractivity contribution < 1.29 is 45.7 Å². The van der Waals surface area contributed by atoms with E-state index in [0.717, 1.165) is 24.3 Å². The minimum Gasteiger partial charge on any atom is -0.395 e. The van der Waals surface area contributed by atoms with Gasteiger partial charge >= 0.3 is 12.5 Å². The maximum atomic E-state index is 13.7. The van der Waals surface area contributed by atoms with E-state index in [1.807, 2.05) is 5.32 Å². The maximum Gasteiger partial charge on any atom is 0.586 e. The van der Waals surface area contributed by atoms with Crippen LogP contribution in [0.25, 0.3) is 0 Å². The molecule has 2 aromatic rings. The van der Waals surface area contributed by atoms with Gasteiger partial charge in [-0.3, -0.25) is 4.79 Å². The lowest BCUT2D eigenvalue weighted by Gasteiger charge is -2.22. The lowest BCUT2D eigenvalue weighted by atomic mass is 9.86. The third kappa shape index (κ3) is 2.41. The molecule has 2 heterocycles. The number of amides is 1. The van der Waals surface area contributed by atoms with Gasteiger partial charge in [0.05, 0.1) is 5.69 Å². The first kappa shape index (κ1) is 17.5. The number of hydrogen-bond donors (Lipinski definition) is 2. The van der Waals surface area contributed by atoms with E-state index in [1.54, 1.807) is 0 Å². The van der Waals surface area contributed by atoms with E-state index >= 15 is 0 Å². The first-order valence-corrected chi connectivity index (χ1v) is 7.28. The van der Waals surface area contributed by atoms with Gasteiger partial charge in [0.25, 0.3) is 5.91 Å². The number of hydrogen-bond acceptors (Lipinski definition) is 4. The summed E-state index contributed by atoms with van der Waals surface area (Å²) in [6.07, 6.45) is -9.11. The van der Waals surface area contributed by atoms with E-state index in [9.17, 15) is 36.2 Å². The van der Waals surface area contributed by atoms with Gasteiger partial charge in [-0.05, 0) is 18.2 Å². The summed E-state index contributed by atoms with van der Waals surface area (Å²) in [6, 6.07) is 4.06. The highest BCUT2D eigenvalue weighted by atomic mass is 19.4. The van der Waals surface area contributed by atoms with Crippen LogP contribution in [-0.2, 0) is 16.6 Å². The van der Waals surface area contributed by atoms with Crippen LogP contribution in [0, 0.1) is 5.82 Å². The second kappa shape index (κ2) is 5.06. The number of ether oxygens (including phenoxy) is 2. The van der Waals surface area contributed by atoms with Crippen molar-refractivity contribution in [2.24, 2.45) is 0 Å². The SMILES string of the molecule is O=C1Nc2c(ccc(F)c2C(F)(F)F)C1(O)c1ccc2c(c1)OC(F)(F)O2. The molecule has 0 spiro atoms. The van der Waals surface area contributed by atoms with Crippen LogP contribution in [0.4, 0.5) is 32.0 Å². The van der Waals surface area contributed by atoms with Gasteiger partial charge in [0.15, 0.2) is 17.1 Å². The second-order valence-corrected chi connectivity index (χ2v) is 5.84. The molecule has 5 nitrogen and oxygen atoms in total. The molecule has 4 rings (SSSR count). The van der Waals surface area contributed by atoms with Crippen LogP contribution in [0.15, 0.2) is 30.3 Å². The van der Waals surface area contributed by atoms with E-state index in [1.165, 1.54) is 0 Å². The Bertz CT molecular complexity index is 990. The summed E-state index contributed by atoms with van der Waals surface area (Å²) in [5.41, 5.74) is -6.32. The molecule has 0 radical (unpaired) electrons. The Labute approximate surface area is 146 Å². The number of halogens is 6. The van der Waals surface area contributed by atoms with Crippen molar-refractivity contribution in [3.05, 3.63) is 52.8 Å². The molecule has 2 aromatic carbocycles. The Morgan fingerprint density at radius 2 is 1.70 bits per heavy atom. The predicted octanol–water partition coefficient (Wildman–Crippen LogP) is 3.35. The molecule has 11 heteroatoms. The molecule has 1 unspecified atom stereocenters. The molecule has 142 valence electrons. The van der Waals surface area contributed by atoms with Crippen molar-refractivity contribution >= 4 is 11.6 Å². The Balaban J connectivity index is 1.89. The van der Waals surface area contributed by atoms with Crippen LogP contribution in [0.3, 0.4) is 0 Å². The number of carbonyl (C=O) groups is 1. The molecule has 0 aromatic heterocycles. The van der Waals surface area contributed by atoms with Crippen LogP contribution < -0.4 is 14.8 Å². The number of benzene rings is 2. The number of carbonyl (C=O) groups excluding carboxylic acids is 1. The zero-order valence-corrected chi connectivity index (χ0v) is 12.8. The standard InChI is InChI=1S/C16H7F6NO4/c17-8-3-2-7-12(11(8)15(18,19)20)23-13(24)14(7,25)6-1-4-9-10(5-6)27-16(21,22)26-9/h1-5,25H,(H,23,24). The van der Waals surface area contributed by atoms with Crippen LogP contribution in [0.2, 0.25) is 0 Å². The molecule has 1 atom stereocenters. The Morgan fingerprint density at radius 3 is 2.37 bits per heavy atom. The average molecular weight is 391 g/mol. The zero-order valence-electron chi connectivity index (χ0n) is 12.8. The fraction of sp³-hybridized carbons (Fsp3) is 0.188. The van der Waals surface area contributed by atoms with Gasteiger partial charge in [-0.1, -0.05) is 12.1 Å². The van der Waals surface area contributed by atoms with Crippen LogP contribution in [-0.4, -0.2) is 17.3 Å². The monoisotopic (exact) mass is 391 g/mol. The van der Waals surface area contributed by atoms with Crippen molar-refractivity contribution in [1.82, 2.24) is 0 Å². The van der Waals surface area contributed by atoms with Gasteiger partial charge in [0, 0.05) is 11.1 Å². The molecule has 0 bridgehead atoms. The predicted molar refractivity (Wildman–Crippen MR) is 75.7 cm³/mol. The Kier molecular flexibility index (Phi) is 3.27. The molecule has 27 heavy (non-hydrogen) atoms. The minimum absolute atomic E-state index is 0.362. The summed E-state index contributed by atoms with van der Waals surface area (Å²) in [5.74, 6) is -3.86. The Morgan fingerprint density at radius 1 is 1.04 bits per heavy atom. The Hall–Kier alpha value is -2.95. The van der Waals surface area contributed by atoms with Crippen molar-refractivity contribution in [3.63, 3.8) is 0 Å². The number of nitrogens with one attached hydrogen (secondary N) is 1. The molecule has 2 N–H and O–H groups in total. The van der Waals surface area contributed by atoms with Crippen molar-refractivity contribution in [3.8, 4) is 11.5 Å². The summed E-state index contributed by atoms with van der Waals surface area (Å²) in [7, 11) is 0. The normalized spacial score (nSPS) is 22.6. The summed E-state index contributed by atoms with van der Waals surface area (Å²) in [6.45, 7) is 0. The maximum absolute atomic E-state index is 13.7. The van der Waals surface area contributed by atoms with Gasteiger partial charge in [0.2, 0.25) is 0 Å². The third-order valence-corrected chi connectivity index (χ3v) is 4.21. The van der Waals surface area contributed by atoms with E-state index < -0.39 is 52.4 Å². The minimum atomic E-state index is -5.15. The van der Waals surface area contributed by atoms with Gasteiger partial charge in [0.1, 0.15) is 11.4 Å². The molecule has 0 saturated heterocycles. The molecule has 2 aliphatic rings. The first-order chi connectivity index (χ1) is 12.4. The zero-order chi connectivity index (χ0) is 19.8. The van der Waals surface area contributed by atoms with Crippen LogP contribution >= 0.6 is 0 Å². The lowest BCUT2D eigenvalue weighted by molar-refractivity contribution is -0.286. The van der Waals surface area contributed by atoms with Gasteiger partial charge in [-0.2, -0.15) is 13.2 Å². The third-order valence-electron chi connectivity index (χ3n) is 4.21. The molecule has 1 amide bonds. The molecular formula is C16H7F6NO4. The lowest BCUT2D eigenvalue weighted by Crippen LogP contribution is -2.35. The van der Waals surface area contributed by atoms with E-state index in [0.29, 0.717) is 6.07 Å². The summed E-state index contributed by atoms with van der Waals surface area (Å²) < 4.78 is 87.9. The summed E-state index contributed by atoms with van der Waals surface area (Å²) >= 11 is 0. The molecule has 0 saturated carbocycles.